The summed E-state index contributed by atoms with van der Waals surface area (Å²) in [5, 5.41) is 11.0. The van der Waals surface area contributed by atoms with E-state index in [9.17, 15) is 4.79 Å². The molecule has 1 aliphatic heterocycles. The van der Waals surface area contributed by atoms with E-state index in [1.165, 1.54) is 11.8 Å². The second-order valence-electron chi connectivity index (χ2n) is 6.79. The van der Waals surface area contributed by atoms with Crippen molar-refractivity contribution in [2.75, 3.05) is 49.4 Å². The smallest absolute Gasteiger partial charge is 0.234 e. The van der Waals surface area contributed by atoms with Crippen molar-refractivity contribution < 1.29 is 14.3 Å². The number of thioether (sulfide) groups is 1. The molecule has 31 heavy (non-hydrogen) atoms. The van der Waals surface area contributed by atoms with Crippen LogP contribution in [0.1, 0.15) is 0 Å². The zero-order valence-corrected chi connectivity index (χ0v) is 18.5. The normalized spacial score (nSPS) is 13.8. The predicted octanol–water partition coefficient (Wildman–Crippen LogP) is 3.70. The predicted molar refractivity (Wildman–Crippen MR) is 122 cm³/mol. The molecule has 0 bridgehead atoms. The van der Waals surface area contributed by atoms with Crippen molar-refractivity contribution in [2.45, 2.75) is 5.16 Å². The van der Waals surface area contributed by atoms with E-state index in [-0.39, 0.29) is 11.7 Å². The summed E-state index contributed by atoms with van der Waals surface area (Å²) in [6.45, 7) is 3.23. The van der Waals surface area contributed by atoms with Crippen LogP contribution in [0, 0.1) is 0 Å². The average Bonchev–Trinajstić information content (AvgIpc) is 3.28. The first kappa shape index (κ1) is 21.5. The maximum absolute atomic E-state index is 12.3. The lowest BCUT2D eigenvalue weighted by Crippen LogP contribution is -2.36. The molecule has 8 nitrogen and oxygen atoms in total. The molecule has 1 aliphatic rings. The molecule has 10 heteroatoms. The van der Waals surface area contributed by atoms with E-state index in [4.69, 9.17) is 21.1 Å². The highest BCUT2D eigenvalue weighted by Gasteiger charge is 2.14. The quantitative estimate of drug-likeness (QED) is 0.520. The number of rotatable bonds is 7. The topological polar surface area (TPSA) is 92.4 Å². The van der Waals surface area contributed by atoms with Gasteiger partial charge in [0.25, 0.3) is 0 Å². The summed E-state index contributed by atoms with van der Waals surface area (Å²) in [6.07, 6.45) is 0. The fraction of sp³-hybridized carbons (Fsp3) is 0.286. The number of morpholine rings is 1. The number of carbonyl (C=O) groups is 1. The van der Waals surface area contributed by atoms with Crippen molar-refractivity contribution in [1.29, 1.82) is 0 Å². The minimum atomic E-state index is -0.129. The first-order valence-corrected chi connectivity index (χ1v) is 11.1. The number of ether oxygens (including phenoxy) is 2. The first-order chi connectivity index (χ1) is 15.1. The minimum absolute atomic E-state index is 0.129. The Bertz CT molecular complexity index is 1040. The van der Waals surface area contributed by atoms with Crippen molar-refractivity contribution in [2.24, 2.45) is 0 Å². The average molecular weight is 460 g/mol. The number of carbonyl (C=O) groups excluding carboxylic acids is 1. The summed E-state index contributed by atoms with van der Waals surface area (Å²) in [7, 11) is 1.58. The Hall–Kier alpha value is -2.75. The minimum Gasteiger partial charge on any atom is -0.496 e. The number of H-pyrrole nitrogens is 1. The first-order valence-electron chi connectivity index (χ1n) is 9.74. The molecular formula is C21H22ClN5O3S. The van der Waals surface area contributed by atoms with Gasteiger partial charge in [0.2, 0.25) is 11.1 Å². The van der Waals surface area contributed by atoms with Crippen LogP contribution in [0.2, 0.25) is 5.02 Å². The third-order valence-corrected chi connectivity index (χ3v) is 5.82. The molecule has 2 N–H and O–H groups in total. The lowest BCUT2D eigenvalue weighted by atomic mass is 10.2. The maximum atomic E-state index is 12.3. The van der Waals surface area contributed by atoms with E-state index in [2.05, 4.69) is 25.4 Å². The molecule has 3 aromatic rings. The Morgan fingerprint density at radius 2 is 2.03 bits per heavy atom. The van der Waals surface area contributed by atoms with Crippen molar-refractivity contribution in [3.63, 3.8) is 0 Å². The van der Waals surface area contributed by atoms with Gasteiger partial charge in [-0.15, -0.1) is 5.10 Å². The summed E-state index contributed by atoms with van der Waals surface area (Å²) in [5.41, 5.74) is 2.58. The van der Waals surface area contributed by atoms with Gasteiger partial charge >= 0.3 is 0 Å². The number of methoxy groups -OCH3 is 1. The molecule has 0 atom stereocenters. The Morgan fingerprint density at radius 1 is 1.26 bits per heavy atom. The molecule has 162 valence electrons. The maximum Gasteiger partial charge on any atom is 0.234 e. The van der Waals surface area contributed by atoms with Gasteiger partial charge in [-0.1, -0.05) is 23.4 Å². The van der Waals surface area contributed by atoms with E-state index in [1.54, 1.807) is 25.3 Å². The fourth-order valence-electron chi connectivity index (χ4n) is 3.20. The zero-order valence-electron chi connectivity index (χ0n) is 16.9. The second-order valence-corrected chi connectivity index (χ2v) is 8.17. The summed E-state index contributed by atoms with van der Waals surface area (Å²) in [5.74, 6) is 1.22. The monoisotopic (exact) mass is 459 g/mol. The second kappa shape index (κ2) is 10.0. The molecule has 0 radical (unpaired) electrons. The van der Waals surface area contributed by atoms with Gasteiger partial charge in [-0.2, -0.15) is 0 Å². The summed E-state index contributed by atoms with van der Waals surface area (Å²) < 4.78 is 10.7. The SMILES string of the molecule is COc1ccc(Cl)cc1-c1nc(SCC(=O)Nc2ccc(N3CCOCC3)cc2)n[nH]1. The van der Waals surface area contributed by atoms with Gasteiger partial charge in [0.15, 0.2) is 5.82 Å². The number of aromatic nitrogens is 3. The highest BCUT2D eigenvalue weighted by Crippen LogP contribution is 2.31. The molecule has 1 amide bonds. The molecular weight excluding hydrogens is 438 g/mol. The molecule has 0 spiro atoms. The number of benzene rings is 2. The van der Waals surface area contributed by atoms with Crippen LogP contribution >= 0.6 is 23.4 Å². The van der Waals surface area contributed by atoms with Crippen molar-refractivity contribution in [3.8, 4) is 17.1 Å². The van der Waals surface area contributed by atoms with Crippen LogP contribution in [0.5, 0.6) is 5.75 Å². The molecule has 0 aliphatic carbocycles. The lowest BCUT2D eigenvalue weighted by molar-refractivity contribution is -0.113. The van der Waals surface area contributed by atoms with Crippen LogP contribution in [0.25, 0.3) is 11.4 Å². The van der Waals surface area contributed by atoms with Crippen LogP contribution in [0.3, 0.4) is 0 Å². The number of hydrogen-bond donors (Lipinski definition) is 2. The highest BCUT2D eigenvalue weighted by atomic mass is 35.5. The highest BCUT2D eigenvalue weighted by molar-refractivity contribution is 7.99. The van der Waals surface area contributed by atoms with E-state index in [1.807, 2.05) is 24.3 Å². The van der Waals surface area contributed by atoms with E-state index >= 15 is 0 Å². The number of nitrogens with one attached hydrogen (secondary N) is 2. The zero-order chi connectivity index (χ0) is 21.6. The molecule has 2 heterocycles. The van der Waals surface area contributed by atoms with E-state index < -0.39 is 0 Å². The summed E-state index contributed by atoms with van der Waals surface area (Å²) in [4.78, 5) is 19.0. The Balaban J connectivity index is 1.32. The van der Waals surface area contributed by atoms with Crippen molar-refractivity contribution >= 4 is 40.6 Å². The van der Waals surface area contributed by atoms with Gasteiger partial charge in [-0.25, -0.2) is 4.98 Å². The van der Waals surface area contributed by atoms with Crippen LogP contribution in [-0.4, -0.2) is 60.3 Å². The van der Waals surface area contributed by atoms with Gasteiger partial charge in [-0.3, -0.25) is 9.89 Å². The standard InChI is InChI=1S/C21H22ClN5O3S/c1-29-18-7-2-14(22)12-17(18)20-24-21(26-25-20)31-13-19(28)23-15-3-5-16(6-4-15)27-8-10-30-11-9-27/h2-7,12H,8-11,13H2,1H3,(H,23,28)(H,24,25,26). The summed E-state index contributed by atoms with van der Waals surface area (Å²) in [6, 6.07) is 13.1. The largest absolute Gasteiger partial charge is 0.496 e. The van der Waals surface area contributed by atoms with Crippen LogP contribution < -0.4 is 15.0 Å². The van der Waals surface area contributed by atoms with Gasteiger partial charge in [-0.05, 0) is 42.5 Å². The molecule has 1 aromatic heterocycles. The molecule has 0 unspecified atom stereocenters. The van der Waals surface area contributed by atoms with Gasteiger partial charge in [0, 0.05) is 29.5 Å². The summed E-state index contributed by atoms with van der Waals surface area (Å²) >= 11 is 7.33. The number of halogens is 1. The van der Waals surface area contributed by atoms with Crippen LogP contribution in [0.15, 0.2) is 47.6 Å². The van der Waals surface area contributed by atoms with Gasteiger partial charge in [0.1, 0.15) is 5.75 Å². The Morgan fingerprint density at radius 3 is 2.77 bits per heavy atom. The van der Waals surface area contributed by atoms with Crippen LogP contribution in [-0.2, 0) is 9.53 Å². The van der Waals surface area contributed by atoms with Gasteiger partial charge in [0.05, 0.1) is 31.6 Å². The number of nitrogens with zero attached hydrogens (tertiary/aromatic N) is 3. The Kier molecular flexibility index (Phi) is 6.96. The van der Waals surface area contributed by atoms with Crippen LogP contribution in [0.4, 0.5) is 11.4 Å². The number of amides is 1. The molecule has 0 saturated carbocycles. The Labute approximate surface area is 189 Å². The molecule has 4 rings (SSSR count). The lowest BCUT2D eigenvalue weighted by Gasteiger charge is -2.28. The van der Waals surface area contributed by atoms with E-state index in [0.29, 0.717) is 27.3 Å². The van der Waals surface area contributed by atoms with Gasteiger partial charge < -0.3 is 19.7 Å². The van der Waals surface area contributed by atoms with Crippen molar-refractivity contribution in [1.82, 2.24) is 15.2 Å². The number of anilines is 2. The third-order valence-electron chi connectivity index (χ3n) is 4.74. The molecule has 1 fully saturated rings. The van der Waals surface area contributed by atoms with Crippen molar-refractivity contribution in [3.05, 3.63) is 47.5 Å². The number of hydrogen-bond acceptors (Lipinski definition) is 7. The van der Waals surface area contributed by atoms with E-state index in [0.717, 1.165) is 37.7 Å². The molecule has 2 aromatic carbocycles. The number of aromatic amines is 1. The fourth-order valence-corrected chi connectivity index (χ4v) is 3.97. The molecule has 1 saturated heterocycles. The third kappa shape index (κ3) is 5.49.